The summed E-state index contributed by atoms with van der Waals surface area (Å²) >= 11 is 2.14. The highest BCUT2D eigenvalue weighted by atomic mass is 127. The minimum atomic E-state index is -0.762. The Morgan fingerprint density at radius 2 is 1.10 bits per heavy atom. The van der Waals surface area contributed by atoms with Crippen molar-refractivity contribution in [3.8, 4) is 11.5 Å². The number of hydrogen-bond donors (Lipinski definition) is 0. The molecule has 0 unspecified atom stereocenters. The topological polar surface area (TPSA) is 71.1 Å². The van der Waals surface area contributed by atoms with Gasteiger partial charge in [-0.25, -0.2) is 9.59 Å². The van der Waals surface area contributed by atoms with E-state index in [4.69, 9.17) is 18.9 Å². The lowest BCUT2D eigenvalue weighted by Crippen LogP contribution is -2.39. The Bertz CT molecular complexity index is 890. The first-order chi connectivity index (χ1) is 18.4. The van der Waals surface area contributed by atoms with Crippen molar-refractivity contribution in [3.05, 3.63) is 21.8 Å². The Morgan fingerprint density at radius 1 is 0.718 bits per heavy atom. The number of esters is 2. The van der Waals surface area contributed by atoms with Gasteiger partial charge in [-0.2, -0.15) is 0 Å². The largest absolute Gasteiger partial charge is 0.478 e. The molecular weight excluding hydrogens is 607 g/mol. The Morgan fingerprint density at radius 3 is 1.46 bits per heavy atom. The molecule has 0 amide bonds. The van der Waals surface area contributed by atoms with Gasteiger partial charge in [0.25, 0.3) is 0 Å². The summed E-state index contributed by atoms with van der Waals surface area (Å²) in [6, 6.07) is 5.41. The SMILES string of the molecule is CC(C)[C@@H]1CC[C@@H](C)C[C@H]1OC(=O)[C@@H](C)Oc1cccc(O[C@H](C)C(=O)O[C@@H]2C[C@H](C)CC[C@H]2C(C)C)c1I. The Hall–Kier alpha value is -1.51. The lowest BCUT2D eigenvalue weighted by atomic mass is 9.75. The zero-order valence-corrected chi connectivity index (χ0v) is 27.2. The number of halogens is 1. The second kappa shape index (κ2) is 14.4. The van der Waals surface area contributed by atoms with Gasteiger partial charge in [-0.15, -0.1) is 0 Å². The summed E-state index contributed by atoms with van der Waals surface area (Å²) in [4.78, 5) is 26.0. The highest BCUT2D eigenvalue weighted by Gasteiger charge is 2.36. The molecule has 39 heavy (non-hydrogen) atoms. The van der Waals surface area contributed by atoms with Gasteiger partial charge in [0, 0.05) is 0 Å². The molecule has 2 aliphatic carbocycles. The second-order valence-electron chi connectivity index (χ2n) is 12.7. The normalized spacial score (nSPS) is 29.0. The summed E-state index contributed by atoms with van der Waals surface area (Å²) in [5, 5.41) is 0. The molecular formula is C32H49IO6. The monoisotopic (exact) mass is 656 g/mol. The molecule has 2 aliphatic rings. The van der Waals surface area contributed by atoms with E-state index in [1.54, 1.807) is 32.0 Å². The molecule has 0 heterocycles. The number of ether oxygens (including phenoxy) is 4. The zero-order valence-electron chi connectivity index (χ0n) is 25.1. The molecule has 3 rings (SSSR count). The van der Waals surface area contributed by atoms with Crippen molar-refractivity contribution < 1.29 is 28.5 Å². The average Bonchev–Trinajstić information content (AvgIpc) is 2.86. The summed E-state index contributed by atoms with van der Waals surface area (Å²) < 4.78 is 24.8. The minimum Gasteiger partial charge on any atom is -0.478 e. The summed E-state index contributed by atoms with van der Waals surface area (Å²) in [7, 11) is 0. The van der Waals surface area contributed by atoms with Crippen LogP contribution >= 0.6 is 22.6 Å². The van der Waals surface area contributed by atoms with Gasteiger partial charge in [0.1, 0.15) is 23.7 Å². The summed E-state index contributed by atoms with van der Waals surface area (Å²) in [5.74, 6) is 3.14. The van der Waals surface area contributed by atoms with E-state index in [-0.39, 0.29) is 24.1 Å². The maximum absolute atomic E-state index is 13.0. The molecule has 2 fully saturated rings. The molecule has 2 saturated carbocycles. The molecule has 6 nitrogen and oxygen atoms in total. The fraction of sp³-hybridized carbons (Fsp3) is 0.750. The van der Waals surface area contributed by atoms with Crippen LogP contribution in [-0.4, -0.2) is 36.4 Å². The first-order valence-corrected chi connectivity index (χ1v) is 16.0. The number of rotatable bonds is 10. The fourth-order valence-electron chi connectivity index (χ4n) is 6.14. The van der Waals surface area contributed by atoms with Crippen LogP contribution in [0.1, 0.15) is 93.9 Å². The maximum Gasteiger partial charge on any atom is 0.347 e. The van der Waals surface area contributed by atoms with E-state index in [0.29, 0.717) is 50.6 Å². The summed E-state index contributed by atoms with van der Waals surface area (Å²) in [6.07, 6.45) is 4.65. The van der Waals surface area contributed by atoms with Gasteiger partial charge < -0.3 is 18.9 Å². The van der Waals surface area contributed by atoms with Crippen molar-refractivity contribution in [2.75, 3.05) is 0 Å². The van der Waals surface area contributed by atoms with Crippen LogP contribution in [0.25, 0.3) is 0 Å². The van der Waals surface area contributed by atoms with Crippen LogP contribution in [0, 0.1) is 39.1 Å². The lowest BCUT2D eigenvalue weighted by molar-refractivity contribution is -0.164. The van der Waals surface area contributed by atoms with Gasteiger partial charge in [-0.05, 0) is 110 Å². The zero-order chi connectivity index (χ0) is 28.9. The Kier molecular flexibility index (Phi) is 11.8. The number of carbonyl (C=O) groups excluding carboxylic acids is 2. The maximum atomic E-state index is 13.0. The summed E-state index contributed by atoms with van der Waals surface area (Å²) in [6.45, 7) is 16.7. The molecule has 0 aliphatic heterocycles. The molecule has 7 heteroatoms. The Balaban J connectivity index is 1.60. The third-order valence-corrected chi connectivity index (χ3v) is 9.72. The van der Waals surface area contributed by atoms with Crippen LogP contribution in [-0.2, 0) is 19.1 Å². The molecule has 1 aromatic carbocycles. The highest BCUT2D eigenvalue weighted by molar-refractivity contribution is 14.1. The van der Waals surface area contributed by atoms with Crippen LogP contribution in [0.3, 0.4) is 0 Å². The number of carbonyl (C=O) groups is 2. The average molecular weight is 657 g/mol. The third kappa shape index (κ3) is 8.74. The quantitative estimate of drug-likeness (QED) is 0.189. The van der Waals surface area contributed by atoms with Crippen LogP contribution < -0.4 is 9.47 Å². The van der Waals surface area contributed by atoms with E-state index >= 15 is 0 Å². The molecule has 0 aromatic heterocycles. The predicted molar refractivity (Wildman–Crippen MR) is 162 cm³/mol. The van der Waals surface area contributed by atoms with Gasteiger partial charge in [-0.1, -0.05) is 60.5 Å². The van der Waals surface area contributed by atoms with E-state index < -0.39 is 12.2 Å². The molecule has 0 N–H and O–H groups in total. The molecule has 0 spiro atoms. The van der Waals surface area contributed by atoms with Gasteiger partial charge in [-0.3, -0.25) is 0 Å². The van der Waals surface area contributed by atoms with E-state index in [0.717, 1.165) is 25.7 Å². The van der Waals surface area contributed by atoms with Crippen molar-refractivity contribution in [1.29, 1.82) is 0 Å². The van der Waals surface area contributed by atoms with E-state index in [1.165, 1.54) is 12.8 Å². The second-order valence-corrected chi connectivity index (χ2v) is 13.8. The van der Waals surface area contributed by atoms with Crippen LogP contribution in [0.5, 0.6) is 11.5 Å². The standard InChI is InChI=1S/C32H49IO6/c1-18(2)24-14-12-20(5)16-28(24)38-31(34)22(7)36-26-10-9-11-27(30(26)33)37-23(8)32(35)39-29-17-21(6)13-15-25(29)19(3)4/h9-11,18-25,28-29H,12-17H2,1-8H3/t20-,21-,22-,23-,24+,25+,28-,29-/m1/s1. The van der Waals surface area contributed by atoms with Crippen molar-refractivity contribution in [2.24, 2.45) is 35.5 Å². The van der Waals surface area contributed by atoms with Gasteiger partial charge in [0.2, 0.25) is 0 Å². The third-order valence-electron chi connectivity index (χ3n) is 8.66. The smallest absolute Gasteiger partial charge is 0.347 e. The van der Waals surface area contributed by atoms with Crippen molar-refractivity contribution in [1.82, 2.24) is 0 Å². The molecule has 1 aromatic rings. The number of benzene rings is 1. The Labute approximate surface area is 249 Å². The molecule has 0 saturated heterocycles. The van der Waals surface area contributed by atoms with E-state index in [2.05, 4.69) is 64.1 Å². The molecule has 0 radical (unpaired) electrons. The van der Waals surface area contributed by atoms with Crippen LogP contribution in [0.2, 0.25) is 0 Å². The van der Waals surface area contributed by atoms with Crippen LogP contribution in [0.4, 0.5) is 0 Å². The van der Waals surface area contributed by atoms with Crippen LogP contribution in [0.15, 0.2) is 18.2 Å². The first-order valence-electron chi connectivity index (χ1n) is 14.9. The van der Waals surface area contributed by atoms with Crippen molar-refractivity contribution >= 4 is 34.5 Å². The predicted octanol–water partition coefficient (Wildman–Crippen LogP) is 7.83. The van der Waals surface area contributed by atoms with Gasteiger partial charge in [0.15, 0.2) is 12.2 Å². The van der Waals surface area contributed by atoms with E-state index in [9.17, 15) is 9.59 Å². The van der Waals surface area contributed by atoms with Gasteiger partial charge >= 0.3 is 11.9 Å². The van der Waals surface area contributed by atoms with E-state index in [1.807, 2.05) is 0 Å². The lowest BCUT2D eigenvalue weighted by Gasteiger charge is -2.37. The molecule has 0 bridgehead atoms. The van der Waals surface area contributed by atoms with Gasteiger partial charge in [0.05, 0.1) is 3.57 Å². The highest BCUT2D eigenvalue weighted by Crippen LogP contribution is 2.37. The number of hydrogen-bond acceptors (Lipinski definition) is 6. The fourth-order valence-corrected chi connectivity index (χ4v) is 6.75. The first kappa shape index (κ1) is 32.0. The summed E-state index contributed by atoms with van der Waals surface area (Å²) in [5.41, 5.74) is 0. The molecule has 220 valence electrons. The van der Waals surface area contributed by atoms with Crippen molar-refractivity contribution in [2.45, 2.75) is 118 Å². The van der Waals surface area contributed by atoms with Crippen molar-refractivity contribution in [3.63, 3.8) is 0 Å². The molecule has 8 atom stereocenters. The minimum absolute atomic E-state index is 0.0738.